The van der Waals surface area contributed by atoms with Crippen molar-refractivity contribution in [3.63, 3.8) is 0 Å². The minimum atomic E-state index is -4.14. The van der Waals surface area contributed by atoms with Crippen LogP contribution in [-0.4, -0.2) is 43.0 Å². The Bertz CT molecular complexity index is 1420. The molecule has 0 bridgehead atoms. The van der Waals surface area contributed by atoms with Crippen LogP contribution in [0, 0.1) is 11.8 Å². The summed E-state index contributed by atoms with van der Waals surface area (Å²) in [5.41, 5.74) is 7.12. The van der Waals surface area contributed by atoms with E-state index in [2.05, 4.69) is 10.6 Å². The number of phenols is 1. The smallest absolute Gasteiger partial charge is 0.323 e. The summed E-state index contributed by atoms with van der Waals surface area (Å²) in [5.74, 6) is 0.329. The van der Waals surface area contributed by atoms with Gasteiger partial charge in [0.25, 0.3) is 0 Å². The molecule has 3 atom stereocenters. The number of nitrogens with two attached hydrogens (primary N) is 1. The van der Waals surface area contributed by atoms with E-state index in [0.717, 1.165) is 12.0 Å². The van der Waals surface area contributed by atoms with Crippen molar-refractivity contribution in [2.75, 3.05) is 23.7 Å². The molecular weight excluding hydrogens is 516 g/mol. The van der Waals surface area contributed by atoms with Crippen molar-refractivity contribution in [2.45, 2.75) is 24.0 Å². The molecule has 1 heterocycles. The molecule has 2 aliphatic rings. The van der Waals surface area contributed by atoms with Gasteiger partial charge in [0.1, 0.15) is 17.3 Å². The van der Waals surface area contributed by atoms with Gasteiger partial charge in [-0.15, -0.1) is 0 Å². The van der Waals surface area contributed by atoms with Crippen LogP contribution >= 0.6 is 11.6 Å². The standard InChI is InChI=1S/C26H27ClN4O5S/c27-19-10-11-21(24(32)25(19)37(34,35)31-14-17-12-18(17)22(31)13-28)30-26(33)29-20-8-4-5-9-23(20)36-15-16-6-2-1-3-7-16/h1-11,17-18,22,32H,12-15,28H2,(H2,29,30,33)/t17?,18?,22-/m1/s1. The van der Waals surface area contributed by atoms with E-state index in [1.165, 1.54) is 16.4 Å². The Morgan fingerprint density at radius 3 is 2.51 bits per heavy atom. The summed E-state index contributed by atoms with van der Waals surface area (Å²) in [4.78, 5) is 12.4. The molecular formula is C26H27ClN4O5S. The summed E-state index contributed by atoms with van der Waals surface area (Å²) >= 11 is 6.23. The summed E-state index contributed by atoms with van der Waals surface area (Å²) < 4.78 is 34.1. The van der Waals surface area contributed by atoms with Gasteiger partial charge < -0.3 is 26.2 Å². The minimum Gasteiger partial charge on any atom is -0.504 e. The lowest BCUT2D eigenvalue weighted by Crippen LogP contribution is -2.42. The van der Waals surface area contributed by atoms with E-state index in [4.69, 9.17) is 22.1 Å². The summed E-state index contributed by atoms with van der Waals surface area (Å²) in [6.07, 6.45) is 0.950. The third-order valence-corrected chi connectivity index (χ3v) is 9.16. The number of fused-ring (bicyclic) bond motifs is 1. The van der Waals surface area contributed by atoms with Crippen molar-refractivity contribution in [1.82, 2.24) is 4.31 Å². The molecule has 5 rings (SSSR count). The molecule has 2 fully saturated rings. The van der Waals surface area contributed by atoms with Gasteiger partial charge in [-0.25, -0.2) is 13.2 Å². The first-order valence-corrected chi connectivity index (χ1v) is 13.7. The molecule has 2 unspecified atom stereocenters. The molecule has 0 spiro atoms. The number of hydrogen-bond acceptors (Lipinski definition) is 6. The number of amides is 2. The maximum Gasteiger partial charge on any atom is 0.323 e. The SMILES string of the molecule is NC[C@@H]1C2CC2CN1S(=O)(=O)c1c(Cl)ccc(NC(=O)Nc2ccccc2OCc2ccccc2)c1O. The molecule has 1 aliphatic carbocycles. The Morgan fingerprint density at radius 1 is 1.05 bits per heavy atom. The van der Waals surface area contributed by atoms with Crippen LogP contribution in [0.25, 0.3) is 0 Å². The van der Waals surface area contributed by atoms with Crippen molar-refractivity contribution in [1.29, 1.82) is 0 Å². The number of nitrogens with zero attached hydrogens (tertiary/aromatic N) is 1. The van der Waals surface area contributed by atoms with E-state index in [1.807, 2.05) is 30.3 Å². The lowest BCUT2D eigenvalue weighted by atomic mass is 10.2. The predicted octanol–water partition coefficient (Wildman–Crippen LogP) is 4.24. The second kappa shape index (κ2) is 10.2. The molecule has 5 N–H and O–H groups in total. The van der Waals surface area contributed by atoms with Gasteiger partial charge in [0.2, 0.25) is 10.0 Å². The molecule has 0 aromatic heterocycles. The Labute approximate surface area is 220 Å². The van der Waals surface area contributed by atoms with Gasteiger partial charge in [0.05, 0.1) is 16.4 Å². The number of hydrogen-bond donors (Lipinski definition) is 4. The predicted molar refractivity (Wildman–Crippen MR) is 141 cm³/mol. The normalized spacial score (nSPS) is 20.8. The van der Waals surface area contributed by atoms with Crippen LogP contribution in [0.5, 0.6) is 11.5 Å². The van der Waals surface area contributed by atoms with Crippen LogP contribution in [-0.2, 0) is 16.6 Å². The minimum absolute atomic E-state index is 0.100. The lowest BCUT2D eigenvalue weighted by Gasteiger charge is -2.26. The van der Waals surface area contributed by atoms with E-state index in [9.17, 15) is 18.3 Å². The maximum atomic E-state index is 13.5. The number of phenolic OH excluding ortho intramolecular Hbond substituents is 1. The number of rotatable bonds is 8. The van der Waals surface area contributed by atoms with E-state index in [0.29, 0.717) is 24.6 Å². The van der Waals surface area contributed by atoms with E-state index >= 15 is 0 Å². The van der Waals surface area contributed by atoms with Gasteiger partial charge in [0.15, 0.2) is 5.75 Å². The molecule has 1 aliphatic heterocycles. The van der Waals surface area contributed by atoms with Crippen molar-refractivity contribution in [3.05, 3.63) is 77.3 Å². The summed E-state index contributed by atoms with van der Waals surface area (Å²) in [7, 11) is -4.14. The molecule has 194 valence electrons. The molecule has 9 nitrogen and oxygen atoms in total. The number of halogens is 1. The fraction of sp³-hybridized carbons (Fsp3) is 0.269. The van der Waals surface area contributed by atoms with Crippen molar-refractivity contribution in [3.8, 4) is 11.5 Å². The lowest BCUT2D eigenvalue weighted by molar-refractivity contribution is 0.261. The average Bonchev–Trinajstić information content (AvgIpc) is 3.55. The molecule has 3 aromatic carbocycles. The number of nitrogens with one attached hydrogen (secondary N) is 2. The number of carbonyl (C=O) groups is 1. The van der Waals surface area contributed by atoms with Crippen LogP contribution in [0.2, 0.25) is 5.02 Å². The van der Waals surface area contributed by atoms with E-state index in [1.54, 1.807) is 24.3 Å². The number of sulfonamides is 1. The zero-order valence-electron chi connectivity index (χ0n) is 19.8. The topological polar surface area (TPSA) is 134 Å². The molecule has 37 heavy (non-hydrogen) atoms. The van der Waals surface area contributed by atoms with Crippen LogP contribution in [0.1, 0.15) is 12.0 Å². The summed E-state index contributed by atoms with van der Waals surface area (Å²) in [5, 5.41) is 15.9. The zero-order valence-corrected chi connectivity index (χ0v) is 21.4. The monoisotopic (exact) mass is 542 g/mol. The van der Waals surface area contributed by atoms with Crippen LogP contribution in [0.4, 0.5) is 16.2 Å². The van der Waals surface area contributed by atoms with Gasteiger partial charge in [-0.3, -0.25) is 0 Å². The largest absolute Gasteiger partial charge is 0.504 e. The highest BCUT2D eigenvalue weighted by Crippen LogP contribution is 2.52. The number of ether oxygens (including phenoxy) is 1. The number of benzene rings is 3. The van der Waals surface area contributed by atoms with E-state index in [-0.39, 0.29) is 35.1 Å². The van der Waals surface area contributed by atoms with Crippen LogP contribution < -0.4 is 21.1 Å². The summed E-state index contributed by atoms with van der Waals surface area (Å²) in [6.45, 7) is 0.829. The quantitative estimate of drug-likeness (QED) is 0.315. The fourth-order valence-corrected chi connectivity index (χ4v) is 7.15. The van der Waals surface area contributed by atoms with Crippen LogP contribution in [0.3, 0.4) is 0 Å². The maximum absolute atomic E-state index is 13.5. The van der Waals surface area contributed by atoms with Crippen LogP contribution in [0.15, 0.2) is 71.6 Å². The fourth-order valence-electron chi connectivity index (χ4n) is 4.82. The number of urea groups is 1. The third-order valence-electron chi connectivity index (χ3n) is 6.77. The Balaban J connectivity index is 1.33. The molecule has 2 amide bonds. The summed E-state index contributed by atoms with van der Waals surface area (Å²) in [6, 6.07) is 18.1. The second-order valence-electron chi connectivity index (χ2n) is 9.16. The number of para-hydroxylation sites is 2. The Kier molecular flexibility index (Phi) is 7.00. The highest BCUT2D eigenvalue weighted by molar-refractivity contribution is 7.89. The molecule has 1 saturated heterocycles. The number of aromatic hydroxyl groups is 1. The number of piperidine rings is 1. The van der Waals surface area contributed by atoms with E-state index < -0.39 is 26.7 Å². The second-order valence-corrected chi connectivity index (χ2v) is 11.4. The molecule has 1 saturated carbocycles. The van der Waals surface area contributed by atoms with Crippen molar-refractivity contribution >= 4 is 39.0 Å². The third kappa shape index (κ3) is 5.10. The Hall–Kier alpha value is -3.31. The van der Waals surface area contributed by atoms with Crippen molar-refractivity contribution < 1.29 is 23.1 Å². The molecule has 3 aromatic rings. The number of anilines is 2. The zero-order chi connectivity index (χ0) is 26.2. The van der Waals surface area contributed by atoms with Gasteiger partial charge >= 0.3 is 6.03 Å². The van der Waals surface area contributed by atoms with Gasteiger partial charge in [-0.1, -0.05) is 54.1 Å². The van der Waals surface area contributed by atoms with Gasteiger partial charge in [-0.2, -0.15) is 4.31 Å². The highest BCUT2D eigenvalue weighted by atomic mass is 35.5. The first-order chi connectivity index (χ1) is 17.8. The highest BCUT2D eigenvalue weighted by Gasteiger charge is 2.56. The Morgan fingerprint density at radius 2 is 1.76 bits per heavy atom. The first kappa shape index (κ1) is 25.3. The molecule has 11 heteroatoms. The van der Waals surface area contributed by atoms with Gasteiger partial charge in [0, 0.05) is 19.1 Å². The number of carbonyl (C=O) groups excluding carboxylic acids is 1. The van der Waals surface area contributed by atoms with Gasteiger partial charge in [-0.05, 0) is 48.1 Å². The van der Waals surface area contributed by atoms with Crippen molar-refractivity contribution in [2.24, 2.45) is 17.6 Å². The molecule has 0 radical (unpaired) electrons. The first-order valence-electron chi connectivity index (χ1n) is 11.9. The average molecular weight is 543 g/mol.